The molecule has 0 aliphatic rings. The lowest BCUT2D eigenvalue weighted by Crippen LogP contribution is -2.08. The van der Waals surface area contributed by atoms with E-state index in [-0.39, 0.29) is 0 Å². The van der Waals surface area contributed by atoms with Crippen molar-refractivity contribution in [1.29, 1.82) is 0 Å². The minimum atomic E-state index is -1.21. The maximum absolute atomic E-state index is 2.33. The smallest absolute Gasteiger partial charge is 0.00187 e. The fourth-order valence-corrected chi connectivity index (χ4v) is 7.49. The zero-order valence-corrected chi connectivity index (χ0v) is 15.9. The van der Waals surface area contributed by atoms with Crippen LogP contribution in [0.4, 0.5) is 0 Å². The van der Waals surface area contributed by atoms with E-state index in [1.54, 1.807) is 0 Å². The van der Waals surface area contributed by atoms with E-state index in [9.17, 15) is 0 Å². The Bertz CT molecular complexity index is 638. The van der Waals surface area contributed by atoms with Gasteiger partial charge in [-0.1, -0.05) is 80.8 Å². The molecule has 0 N–H and O–H groups in total. The predicted molar refractivity (Wildman–Crippen MR) is 111 cm³/mol. The summed E-state index contributed by atoms with van der Waals surface area (Å²) in [4.78, 5) is 4.43. The van der Waals surface area contributed by atoms with Crippen molar-refractivity contribution in [2.75, 3.05) is 5.75 Å². The molecule has 0 heterocycles. The van der Waals surface area contributed by atoms with Gasteiger partial charge in [0.25, 0.3) is 0 Å². The first-order chi connectivity index (χ1) is 12.4. The Morgan fingerprint density at radius 1 is 0.520 bits per heavy atom. The normalized spacial score (nSPS) is 12.0. The second kappa shape index (κ2) is 8.92. The molecule has 0 atom stereocenters. The van der Waals surface area contributed by atoms with Crippen LogP contribution >= 0.6 is 10.0 Å². The Kier molecular flexibility index (Phi) is 6.36. The Hall–Kier alpha value is -1.99. The molecule has 0 radical (unpaired) electrons. The van der Waals surface area contributed by atoms with E-state index in [1.165, 1.54) is 46.1 Å². The Balaban J connectivity index is 2.13. The van der Waals surface area contributed by atoms with Crippen LogP contribution in [0.25, 0.3) is 0 Å². The summed E-state index contributed by atoms with van der Waals surface area (Å²) >= 11 is 0. The maximum Gasteiger partial charge on any atom is -0.00187 e. The van der Waals surface area contributed by atoms with Crippen molar-refractivity contribution in [2.24, 2.45) is 0 Å². The zero-order chi connectivity index (χ0) is 17.4. The van der Waals surface area contributed by atoms with Crippen molar-refractivity contribution in [2.45, 2.75) is 47.3 Å². The molecule has 0 amide bonds. The number of unbranched alkanes of at least 4 members (excludes halogenated alkanes) is 3. The van der Waals surface area contributed by atoms with Gasteiger partial charge in [0.1, 0.15) is 0 Å². The summed E-state index contributed by atoms with van der Waals surface area (Å²) in [5.41, 5.74) is 0. The SMILES string of the molecule is CCCCCCS(c1ccccc1)(c1ccccc1)c1ccccc1. The van der Waals surface area contributed by atoms with Crippen LogP contribution in [0.3, 0.4) is 0 Å². The van der Waals surface area contributed by atoms with Gasteiger partial charge in [-0.15, -0.1) is 0 Å². The van der Waals surface area contributed by atoms with Crippen molar-refractivity contribution in [3.8, 4) is 0 Å². The summed E-state index contributed by atoms with van der Waals surface area (Å²) in [5.74, 6) is 1.23. The molecule has 0 aliphatic carbocycles. The Labute approximate surface area is 154 Å². The predicted octanol–water partition coefficient (Wildman–Crippen LogP) is 7.55. The Morgan fingerprint density at radius 2 is 0.920 bits per heavy atom. The summed E-state index contributed by atoms with van der Waals surface area (Å²) in [6, 6.07) is 33.5. The lowest BCUT2D eigenvalue weighted by atomic mass is 10.2. The third-order valence-electron chi connectivity index (χ3n) is 4.74. The highest BCUT2D eigenvalue weighted by Crippen LogP contribution is 2.68. The van der Waals surface area contributed by atoms with Gasteiger partial charge < -0.3 is 0 Å². The van der Waals surface area contributed by atoms with Gasteiger partial charge in [0, 0.05) is 0 Å². The lowest BCUT2D eigenvalue weighted by molar-refractivity contribution is 0.704. The molecule has 0 nitrogen and oxygen atoms in total. The van der Waals surface area contributed by atoms with Crippen molar-refractivity contribution < 1.29 is 0 Å². The van der Waals surface area contributed by atoms with E-state index in [2.05, 4.69) is 97.9 Å². The van der Waals surface area contributed by atoms with Gasteiger partial charge in [0.2, 0.25) is 0 Å². The highest BCUT2D eigenvalue weighted by atomic mass is 32.3. The quantitative estimate of drug-likeness (QED) is 0.369. The Morgan fingerprint density at radius 3 is 1.28 bits per heavy atom. The fourth-order valence-electron chi connectivity index (χ4n) is 3.47. The molecule has 3 aromatic rings. The van der Waals surface area contributed by atoms with Crippen molar-refractivity contribution >= 4 is 10.0 Å². The molecule has 3 rings (SSSR count). The number of benzene rings is 3. The van der Waals surface area contributed by atoms with Gasteiger partial charge in [-0.2, -0.15) is 10.0 Å². The minimum Gasteiger partial charge on any atom is -0.160 e. The first-order valence-electron chi connectivity index (χ1n) is 9.34. The third-order valence-corrected chi connectivity index (χ3v) is 8.87. The first kappa shape index (κ1) is 17.8. The van der Waals surface area contributed by atoms with Crippen LogP contribution in [0.1, 0.15) is 32.6 Å². The molecule has 0 saturated heterocycles. The van der Waals surface area contributed by atoms with Crippen LogP contribution in [0.5, 0.6) is 0 Å². The second-order valence-electron chi connectivity index (χ2n) is 6.44. The van der Waals surface area contributed by atoms with Gasteiger partial charge in [-0.25, -0.2) is 0 Å². The van der Waals surface area contributed by atoms with Gasteiger partial charge in [0.05, 0.1) is 0 Å². The second-order valence-corrected chi connectivity index (χ2v) is 9.74. The standard InChI is InChI=1S/C24H28S/c1-2-3-4-14-21-25(22-15-8-5-9-16-22,23-17-10-6-11-18-23)24-19-12-7-13-20-24/h5-13,15-20H,2-4,14,21H2,1H3. The molecule has 0 fully saturated rings. The highest BCUT2D eigenvalue weighted by molar-refractivity contribution is 8.33. The molecule has 0 unspecified atom stereocenters. The molecule has 1 heteroatoms. The molecule has 0 saturated carbocycles. The minimum absolute atomic E-state index is 1.21. The van der Waals surface area contributed by atoms with Crippen LogP contribution in [0.15, 0.2) is 106 Å². The fraction of sp³-hybridized carbons (Fsp3) is 0.250. The van der Waals surface area contributed by atoms with Gasteiger partial charge >= 0.3 is 0 Å². The highest BCUT2D eigenvalue weighted by Gasteiger charge is 2.30. The monoisotopic (exact) mass is 348 g/mol. The van der Waals surface area contributed by atoms with Gasteiger partial charge in [0.15, 0.2) is 0 Å². The topological polar surface area (TPSA) is 0 Å². The lowest BCUT2D eigenvalue weighted by Gasteiger charge is -2.42. The number of hydrogen-bond donors (Lipinski definition) is 0. The number of hydrogen-bond acceptors (Lipinski definition) is 0. The van der Waals surface area contributed by atoms with E-state index in [4.69, 9.17) is 0 Å². The average molecular weight is 349 g/mol. The van der Waals surface area contributed by atoms with Crippen LogP contribution < -0.4 is 0 Å². The van der Waals surface area contributed by atoms with E-state index < -0.39 is 10.0 Å². The van der Waals surface area contributed by atoms with E-state index >= 15 is 0 Å². The summed E-state index contributed by atoms with van der Waals surface area (Å²) in [6.45, 7) is 2.28. The molecular weight excluding hydrogens is 320 g/mol. The molecule has 0 aliphatic heterocycles. The van der Waals surface area contributed by atoms with Crippen LogP contribution in [-0.2, 0) is 0 Å². The molecule has 25 heavy (non-hydrogen) atoms. The largest absolute Gasteiger partial charge is 0.160 e. The molecule has 130 valence electrons. The zero-order valence-electron chi connectivity index (χ0n) is 15.1. The van der Waals surface area contributed by atoms with Crippen molar-refractivity contribution in [1.82, 2.24) is 0 Å². The number of rotatable bonds is 8. The first-order valence-corrected chi connectivity index (χ1v) is 11.1. The van der Waals surface area contributed by atoms with Crippen LogP contribution in [-0.4, -0.2) is 5.75 Å². The van der Waals surface area contributed by atoms with Crippen molar-refractivity contribution in [3.63, 3.8) is 0 Å². The molecule has 0 spiro atoms. The summed E-state index contributed by atoms with van der Waals surface area (Å²) in [6.07, 6.45) is 5.21. The molecule has 3 aromatic carbocycles. The third kappa shape index (κ3) is 3.99. The molecular formula is C24H28S. The van der Waals surface area contributed by atoms with Crippen LogP contribution in [0.2, 0.25) is 0 Å². The summed E-state index contributed by atoms with van der Waals surface area (Å²) < 4.78 is 0. The van der Waals surface area contributed by atoms with Crippen molar-refractivity contribution in [3.05, 3.63) is 91.0 Å². The van der Waals surface area contributed by atoms with Gasteiger partial charge in [-0.3, -0.25) is 0 Å². The maximum atomic E-state index is 2.33. The van der Waals surface area contributed by atoms with Gasteiger partial charge in [-0.05, 0) is 63.3 Å². The van der Waals surface area contributed by atoms with E-state index in [0.717, 1.165) is 0 Å². The van der Waals surface area contributed by atoms with E-state index in [0.29, 0.717) is 0 Å². The molecule has 0 aromatic heterocycles. The van der Waals surface area contributed by atoms with Crippen LogP contribution in [0, 0.1) is 0 Å². The average Bonchev–Trinajstić information content (AvgIpc) is 2.70. The summed E-state index contributed by atoms with van der Waals surface area (Å²) in [7, 11) is -1.21. The molecule has 0 bridgehead atoms. The van der Waals surface area contributed by atoms with E-state index in [1.807, 2.05) is 0 Å². The summed E-state index contributed by atoms with van der Waals surface area (Å²) in [5, 5.41) is 0.